The largest absolute Gasteiger partial charge is 0.497 e. The minimum absolute atomic E-state index is 0.161. The predicted octanol–water partition coefficient (Wildman–Crippen LogP) is 2.16. The second-order valence-electron chi connectivity index (χ2n) is 4.57. The fraction of sp³-hybridized carbons (Fsp3) is 0.357. The number of aliphatic imine (C=N–C) groups is 1. The molecule has 1 atom stereocenters. The van der Waals surface area contributed by atoms with Gasteiger partial charge in [0.1, 0.15) is 15.4 Å². The standard InChI is InChI=1S/C14H14N2O3S2/c1-19-10-4-2-9(3-5-10)16-12(17)8-11(13(16)18)21-14-15-6-7-20-14/h2-5,11H,6-8H2,1H3/t11-/m1/s1. The van der Waals surface area contributed by atoms with E-state index < -0.39 is 0 Å². The maximum atomic E-state index is 12.4. The van der Waals surface area contributed by atoms with Crippen LogP contribution in [0.4, 0.5) is 5.69 Å². The van der Waals surface area contributed by atoms with Gasteiger partial charge in [0.05, 0.1) is 19.3 Å². The molecule has 0 bridgehead atoms. The average molecular weight is 322 g/mol. The zero-order valence-electron chi connectivity index (χ0n) is 11.4. The van der Waals surface area contributed by atoms with E-state index in [1.165, 1.54) is 16.7 Å². The van der Waals surface area contributed by atoms with Crippen LogP contribution in [0.1, 0.15) is 6.42 Å². The van der Waals surface area contributed by atoms with E-state index in [4.69, 9.17) is 4.74 Å². The molecule has 0 radical (unpaired) electrons. The first-order valence-electron chi connectivity index (χ1n) is 6.54. The molecule has 5 nitrogen and oxygen atoms in total. The third kappa shape index (κ3) is 2.94. The number of nitrogens with zero attached hydrogens (tertiary/aromatic N) is 2. The number of imide groups is 1. The summed E-state index contributed by atoms with van der Waals surface area (Å²) in [6.07, 6.45) is 0.231. The highest BCUT2D eigenvalue weighted by molar-refractivity contribution is 8.39. The zero-order valence-corrected chi connectivity index (χ0v) is 13.1. The van der Waals surface area contributed by atoms with E-state index in [0.717, 1.165) is 16.7 Å². The summed E-state index contributed by atoms with van der Waals surface area (Å²) >= 11 is 3.06. The van der Waals surface area contributed by atoms with Crippen LogP contribution < -0.4 is 9.64 Å². The first kappa shape index (κ1) is 14.5. The molecule has 0 unspecified atom stereocenters. The van der Waals surface area contributed by atoms with Gasteiger partial charge in [0.2, 0.25) is 11.8 Å². The van der Waals surface area contributed by atoms with E-state index in [1.807, 2.05) is 0 Å². The van der Waals surface area contributed by atoms with E-state index in [2.05, 4.69) is 4.99 Å². The van der Waals surface area contributed by atoms with E-state index >= 15 is 0 Å². The Hall–Kier alpha value is -1.47. The number of amides is 2. The van der Waals surface area contributed by atoms with Gasteiger partial charge in [0, 0.05) is 12.2 Å². The maximum absolute atomic E-state index is 12.4. The van der Waals surface area contributed by atoms with Crippen LogP contribution in [0.5, 0.6) is 5.75 Å². The van der Waals surface area contributed by atoms with Gasteiger partial charge in [-0.3, -0.25) is 14.6 Å². The van der Waals surface area contributed by atoms with Gasteiger partial charge in [0.15, 0.2) is 0 Å². The molecule has 0 N–H and O–H groups in total. The fourth-order valence-corrected chi connectivity index (χ4v) is 4.46. The highest BCUT2D eigenvalue weighted by Crippen LogP contribution is 2.34. The van der Waals surface area contributed by atoms with Crippen molar-refractivity contribution in [3.05, 3.63) is 24.3 Å². The predicted molar refractivity (Wildman–Crippen MR) is 86.2 cm³/mol. The van der Waals surface area contributed by atoms with E-state index in [1.54, 1.807) is 43.1 Å². The molecule has 1 aromatic rings. The maximum Gasteiger partial charge on any atom is 0.247 e. The lowest BCUT2D eigenvalue weighted by atomic mass is 10.3. The number of ether oxygens (including phenoxy) is 1. The van der Waals surface area contributed by atoms with E-state index in [9.17, 15) is 9.59 Å². The molecule has 1 fully saturated rings. The Bertz CT molecular complexity index is 601. The number of hydrogen-bond acceptors (Lipinski definition) is 6. The third-order valence-corrected chi connectivity index (χ3v) is 5.63. The molecular formula is C14H14N2O3S2. The van der Waals surface area contributed by atoms with Gasteiger partial charge in [-0.2, -0.15) is 0 Å². The van der Waals surface area contributed by atoms with Crippen molar-refractivity contribution in [1.29, 1.82) is 0 Å². The van der Waals surface area contributed by atoms with Crippen LogP contribution in [0.2, 0.25) is 0 Å². The number of carbonyl (C=O) groups excluding carboxylic acids is 2. The second-order valence-corrected chi connectivity index (χ2v) is 7.11. The molecule has 1 saturated heterocycles. The van der Waals surface area contributed by atoms with Crippen molar-refractivity contribution in [3.63, 3.8) is 0 Å². The van der Waals surface area contributed by atoms with Crippen molar-refractivity contribution >= 4 is 45.4 Å². The molecule has 110 valence electrons. The quantitative estimate of drug-likeness (QED) is 0.798. The first-order chi connectivity index (χ1) is 10.2. The third-order valence-electron chi connectivity index (χ3n) is 3.24. The van der Waals surface area contributed by atoms with Crippen molar-refractivity contribution < 1.29 is 14.3 Å². The second kappa shape index (κ2) is 6.11. The summed E-state index contributed by atoms with van der Waals surface area (Å²) in [6.45, 7) is 0.796. The normalized spacial score (nSPS) is 21.9. The molecule has 0 aliphatic carbocycles. The van der Waals surface area contributed by atoms with Crippen LogP contribution in [0.25, 0.3) is 0 Å². The minimum Gasteiger partial charge on any atom is -0.497 e. The minimum atomic E-state index is -0.357. The summed E-state index contributed by atoms with van der Waals surface area (Å²) in [5.74, 6) is 1.33. The molecule has 2 amide bonds. The van der Waals surface area contributed by atoms with Crippen molar-refractivity contribution in [1.82, 2.24) is 0 Å². The highest BCUT2D eigenvalue weighted by atomic mass is 32.2. The Labute approximate surface area is 131 Å². The van der Waals surface area contributed by atoms with E-state index in [0.29, 0.717) is 11.4 Å². The molecule has 2 aliphatic heterocycles. The molecule has 0 aromatic heterocycles. The Morgan fingerprint density at radius 2 is 2.10 bits per heavy atom. The molecular weight excluding hydrogens is 308 g/mol. The lowest BCUT2D eigenvalue weighted by molar-refractivity contribution is -0.121. The monoisotopic (exact) mass is 322 g/mol. The zero-order chi connectivity index (χ0) is 14.8. The van der Waals surface area contributed by atoms with Crippen LogP contribution in [-0.4, -0.2) is 40.8 Å². The Morgan fingerprint density at radius 1 is 1.33 bits per heavy atom. The molecule has 21 heavy (non-hydrogen) atoms. The van der Waals surface area contributed by atoms with Gasteiger partial charge in [-0.1, -0.05) is 23.5 Å². The van der Waals surface area contributed by atoms with Crippen molar-refractivity contribution in [3.8, 4) is 5.75 Å². The van der Waals surface area contributed by atoms with Crippen LogP contribution in [0.3, 0.4) is 0 Å². The summed E-state index contributed by atoms with van der Waals surface area (Å²) in [4.78, 5) is 30.2. The number of benzene rings is 1. The van der Waals surface area contributed by atoms with Crippen molar-refractivity contribution in [2.24, 2.45) is 4.99 Å². The Balaban J connectivity index is 1.76. The number of rotatable bonds is 3. The van der Waals surface area contributed by atoms with Gasteiger partial charge < -0.3 is 4.74 Å². The van der Waals surface area contributed by atoms with Gasteiger partial charge in [-0.05, 0) is 24.3 Å². The van der Waals surface area contributed by atoms with Gasteiger partial charge in [-0.25, -0.2) is 4.90 Å². The highest BCUT2D eigenvalue weighted by Gasteiger charge is 2.40. The first-order valence-corrected chi connectivity index (χ1v) is 8.40. The number of hydrogen-bond donors (Lipinski definition) is 0. The van der Waals surface area contributed by atoms with Crippen LogP contribution in [0.15, 0.2) is 29.3 Å². The molecule has 3 rings (SSSR count). The summed E-state index contributed by atoms with van der Waals surface area (Å²) < 4.78 is 6.00. The van der Waals surface area contributed by atoms with Crippen LogP contribution in [-0.2, 0) is 9.59 Å². The molecule has 0 spiro atoms. The van der Waals surface area contributed by atoms with Gasteiger partial charge in [-0.15, -0.1) is 0 Å². The van der Waals surface area contributed by atoms with E-state index in [-0.39, 0.29) is 23.5 Å². The summed E-state index contributed by atoms with van der Waals surface area (Å²) in [5, 5.41) is -0.357. The number of carbonyl (C=O) groups is 2. The van der Waals surface area contributed by atoms with Gasteiger partial charge in [0.25, 0.3) is 0 Å². The molecule has 1 aromatic carbocycles. The summed E-state index contributed by atoms with van der Waals surface area (Å²) in [7, 11) is 1.58. The average Bonchev–Trinajstić information content (AvgIpc) is 3.09. The fourth-order valence-electron chi connectivity index (χ4n) is 2.21. The lowest BCUT2D eigenvalue weighted by Gasteiger charge is -2.15. The molecule has 2 aliphatic rings. The Kier molecular flexibility index (Phi) is 4.21. The molecule has 2 heterocycles. The van der Waals surface area contributed by atoms with Crippen LogP contribution in [0, 0.1) is 0 Å². The van der Waals surface area contributed by atoms with Crippen LogP contribution >= 0.6 is 23.5 Å². The smallest absolute Gasteiger partial charge is 0.247 e. The molecule has 7 heteroatoms. The number of thioether (sulfide) groups is 2. The number of anilines is 1. The lowest BCUT2D eigenvalue weighted by Crippen LogP contribution is -2.31. The Morgan fingerprint density at radius 3 is 2.71 bits per heavy atom. The SMILES string of the molecule is COc1ccc(N2C(=O)C[C@@H](SC3=NCCS3)C2=O)cc1. The summed E-state index contributed by atoms with van der Waals surface area (Å²) in [6, 6.07) is 6.94. The van der Waals surface area contributed by atoms with Gasteiger partial charge >= 0.3 is 0 Å². The van der Waals surface area contributed by atoms with Crippen molar-refractivity contribution in [2.75, 3.05) is 24.3 Å². The summed E-state index contributed by atoms with van der Waals surface area (Å²) in [5.41, 5.74) is 0.593. The van der Waals surface area contributed by atoms with Crippen molar-refractivity contribution in [2.45, 2.75) is 11.7 Å². The molecule has 0 saturated carbocycles. The number of methoxy groups -OCH3 is 1. The topological polar surface area (TPSA) is 59.0 Å².